The number of likely N-dealkylation sites (N-methyl/N-ethyl adjacent to an activating group) is 3. The number of aromatic hydroxyl groups is 1. The summed E-state index contributed by atoms with van der Waals surface area (Å²) in [6.07, 6.45) is -1.38. The fourth-order valence-electron chi connectivity index (χ4n) is 16.4. The lowest BCUT2D eigenvalue weighted by molar-refractivity contribution is -0.149. The summed E-state index contributed by atoms with van der Waals surface area (Å²) in [7, 11) is 3.67. The Kier molecular flexibility index (Phi) is 39.6. The van der Waals surface area contributed by atoms with Gasteiger partial charge in [0.2, 0.25) is 100 Å². The zero-order valence-corrected chi connectivity index (χ0v) is 76.8. The van der Waals surface area contributed by atoms with Gasteiger partial charge < -0.3 is 129 Å². The van der Waals surface area contributed by atoms with Gasteiger partial charge in [0, 0.05) is 106 Å². The van der Waals surface area contributed by atoms with Crippen molar-refractivity contribution in [2.45, 2.75) is 235 Å². The van der Waals surface area contributed by atoms with Gasteiger partial charge >= 0.3 is 11.9 Å². The third-order valence-electron chi connectivity index (χ3n) is 23.7. The SMILES string of the molecule is CCCC[C@H]1C(=O)N(C)[C@@H](CCCC)C(=O)N[C@@H](CCC(=O)O)C(=O)N[C@H](C(=O)NCC(N)=O)CSCC(=O)N[C@@H](Cc2ccc(O)cc2)C(=O)N(C)[C@@H](C)C(=O)N[C@@H](CC(N)=O)C(=O)N2CCCC2C(=O)N[C@@H](CO)C(=O)N[C@@H](CC(C)C)C(=O)N2C[C@H](O)C[C@H]2C(=O)N[C@@H](Cc2c[nH]c3ccccc23)C(=O)N[C@@H](CO)C(=O)N[C@@H](Cc2cn(CC(=O)O)c3ccccc23)C(=O)N1C. The van der Waals surface area contributed by atoms with Crippen molar-refractivity contribution in [3.63, 3.8) is 0 Å². The van der Waals surface area contributed by atoms with Gasteiger partial charge in [-0.2, -0.15) is 0 Å². The molecule has 17 amide bonds. The van der Waals surface area contributed by atoms with Crippen molar-refractivity contribution in [3.05, 3.63) is 102 Å². The van der Waals surface area contributed by atoms with Crippen LogP contribution in [-0.2, 0) is 117 Å². The molecule has 2 aromatic heterocycles. The van der Waals surface area contributed by atoms with Crippen LogP contribution in [0, 0.1) is 5.92 Å². The predicted octanol–water partition coefficient (Wildman–Crippen LogP) is -3.74. The number of nitrogens with one attached hydrogen (secondary N) is 11. The molecule has 45 heteroatoms. The molecule has 15 atom stereocenters. The molecular weight excluding hydrogens is 1770 g/mol. The lowest BCUT2D eigenvalue weighted by Crippen LogP contribution is -2.62. The molecule has 21 N–H and O–H groups in total. The molecule has 0 bridgehead atoms. The van der Waals surface area contributed by atoms with Crippen LogP contribution in [0.5, 0.6) is 5.75 Å². The number of aliphatic carboxylic acids is 2. The van der Waals surface area contributed by atoms with E-state index < -0.39 is 285 Å². The van der Waals surface area contributed by atoms with Crippen LogP contribution < -0.4 is 64.6 Å². The maximum absolute atomic E-state index is 15.8. The number of benzene rings is 3. The number of nitrogens with zero attached hydrogens (tertiary/aromatic N) is 6. The number of thioether (sulfide) groups is 1. The number of amides is 17. The van der Waals surface area contributed by atoms with E-state index in [1.807, 2.05) is 0 Å². The molecule has 1 unspecified atom stereocenters. The summed E-state index contributed by atoms with van der Waals surface area (Å²) in [5.41, 5.74) is 13.1. The molecular formula is C89H123N19O25S. The topological polar surface area (TPSA) is 655 Å². The first-order valence-corrected chi connectivity index (χ1v) is 45.5. The molecule has 3 aromatic carbocycles. The number of nitrogens with two attached hydrogens (primary N) is 2. The zero-order chi connectivity index (χ0) is 98.6. The number of carboxylic acid groups (broad SMARTS) is 2. The van der Waals surface area contributed by atoms with Gasteiger partial charge in [-0.05, 0) is 92.3 Å². The average Bonchev–Trinajstić information content (AvgIpc) is 1.67. The number of para-hydroxylation sites is 2. The highest BCUT2D eigenvalue weighted by Gasteiger charge is 2.47. The summed E-state index contributed by atoms with van der Waals surface area (Å²) in [5, 5.41) is 89.8. The molecule has 3 fully saturated rings. The van der Waals surface area contributed by atoms with Crippen LogP contribution in [0.2, 0.25) is 0 Å². The van der Waals surface area contributed by atoms with E-state index in [1.165, 1.54) is 63.1 Å². The molecule has 134 heavy (non-hydrogen) atoms. The second-order valence-electron chi connectivity index (χ2n) is 34.2. The van der Waals surface area contributed by atoms with Crippen LogP contribution in [0.1, 0.15) is 135 Å². The van der Waals surface area contributed by atoms with E-state index in [-0.39, 0.29) is 75.6 Å². The summed E-state index contributed by atoms with van der Waals surface area (Å²) in [5.74, 6) is -22.2. The molecule has 3 saturated heterocycles. The van der Waals surface area contributed by atoms with Crippen LogP contribution in [0.3, 0.4) is 0 Å². The Hall–Kier alpha value is -13.3. The fraction of sp³-hybridized carbons (Fsp3) is 0.539. The minimum atomic E-state index is -2.00. The largest absolute Gasteiger partial charge is 0.508 e. The fourth-order valence-corrected chi connectivity index (χ4v) is 17.2. The smallest absolute Gasteiger partial charge is 0.323 e. The summed E-state index contributed by atoms with van der Waals surface area (Å²) in [6.45, 7) is 3.80. The number of phenols is 1. The van der Waals surface area contributed by atoms with Crippen LogP contribution in [0.4, 0.5) is 0 Å². The van der Waals surface area contributed by atoms with E-state index in [2.05, 4.69) is 58.2 Å². The number of fused-ring (bicyclic) bond motifs is 4. The minimum Gasteiger partial charge on any atom is -0.508 e. The number of rotatable bonds is 26. The quantitative estimate of drug-likeness (QED) is 0.0253. The lowest BCUT2D eigenvalue weighted by atomic mass is 10.00. The number of aliphatic hydroxyl groups is 3. The van der Waals surface area contributed by atoms with E-state index in [9.17, 15) is 88.2 Å². The van der Waals surface area contributed by atoms with Crippen molar-refractivity contribution in [1.82, 2.24) is 87.2 Å². The standard InChI is InChI=1S/C89H123N19O25S/c1-9-11-21-67-82(126)95-57(29-30-74(116)117)78(122)102-65(77(121)93-39-72(91)114)45-134-46-73(115)94-60(33-49-25-27-52(111)28-26-49)85(129)103(6)48(5)76(120)97-62(37-71(90)113)87(131)107-31-17-24-68(107)83(127)101-64(44-110)81(125)98-59(32-47(3)4)88(132)108-41-53(112)36-70(108)84(128)96-58(34-50-38-92-56-20-15-13-18-54(50)56)79(123)100-63(43-109)80(124)99-61(86(130)105(8)69(22-12-10-2)89(133)104(67)7)35-51-40-106(42-75(118)119)66-23-16-14-19-55(51)66/h13-16,18-20,23,25-28,38,40,47-48,53,57-65,67-70,92,109-112H,9-12,17,21-22,24,29-37,39,41-46H2,1-8H3,(H2,90,113)(H2,91,114)(H,93,121)(H,94,115)(H,95,126)(H,96,128)(H,97,120)(H,98,125)(H,99,124)(H,100,123)(H,101,127)(H,102,122)(H,116,117)(H,118,119)/t48-,53+,57-,58-,59-,60-,61-,62-,63-,64-,65-,67-,68?,69-,70-/m0/s1. The van der Waals surface area contributed by atoms with Crippen molar-refractivity contribution in [1.29, 1.82) is 0 Å². The molecule has 5 heterocycles. The Morgan fingerprint density at radius 3 is 1.72 bits per heavy atom. The second-order valence-corrected chi connectivity index (χ2v) is 35.2. The number of aromatic amines is 1. The Morgan fingerprint density at radius 1 is 0.545 bits per heavy atom. The third-order valence-corrected chi connectivity index (χ3v) is 24.7. The summed E-state index contributed by atoms with van der Waals surface area (Å²) in [6, 6.07) is -4.75. The van der Waals surface area contributed by atoms with Crippen LogP contribution in [0.25, 0.3) is 21.8 Å². The van der Waals surface area contributed by atoms with Crippen molar-refractivity contribution >= 4 is 146 Å². The maximum atomic E-state index is 15.8. The van der Waals surface area contributed by atoms with Crippen molar-refractivity contribution in [2.75, 3.05) is 65.5 Å². The zero-order valence-electron chi connectivity index (χ0n) is 76.0. The summed E-state index contributed by atoms with van der Waals surface area (Å²) in [4.78, 5) is 281. The van der Waals surface area contributed by atoms with Gasteiger partial charge in [-0.15, -0.1) is 11.8 Å². The Balaban J connectivity index is 1.20. The molecule has 0 aliphatic carbocycles. The summed E-state index contributed by atoms with van der Waals surface area (Å²) < 4.78 is 1.38. The number of unbranched alkanes of at least 4 members (excludes halogenated alkanes) is 2. The molecule has 5 aromatic rings. The van der Waals surface area contributed by atoms with Crippen LogP contribution >= 0.6 is 11.8 Å². The van der Waals surface area contributed by atoms with Gasteiger partial charge in [0.05, 0.1) is 38.0 Å². The van der Waals surface area contributed by atoms with Crippen LogP contribution in [0.15, 0.2) is 85.2 Å². The van der Waals surface area contributed by atoms with E-state index in [4.69, 9.17) is 11.5 Å². The van der Waals surface area contributed by atoms with Gasteiger partial charge in [0.15, 0.2) is 0 Å². The number of phenolic OH excluding ortho intramolecular Hbond substituents is 1. The van der Waals surface area contributed by atoms with Crippen molar-refractivity contribution < 1.29 is 122 Å². The first-order chi connectivity index (χ1) is 63.6. The first-order valence-electron chi connectivity index (χ1n) is 44.4. The number of hydrogen-bond acceptors (Lipinski definition) is 24. The molecule has 0 radical (unpaired) electrons. The Labute approximate surface area is 776 Å². The number of primary amides is 2. The third kappa shape index (κ3) is 29.1. The predicted molar refractivity (Wildman–Crippen MR) is 484 cm³/mol. The molecule has 3 aliphatic heterocycles. The number of aromatic nitrogens is 2. The number of aliphatic hydroxyl groups excluding tert-OH is 3. The number of carbonyl (C=O) groups is 19. The van der Waals surface area contributed by atoms with E-state index in [0.717, 1.165) is 24.5 Å². The first kappa shape index (κ1) is 106. The van der Waals surface area contributed by atoms with E-state index >= 15 is 33.6 Å². The molecule has 3 aliphatic rings. The van der Waals surface area contributed by atoms with Gasteiger partial charge in [0.1, 0.15) is 96.9 Å². The average molecular weight is 1890 g/mol. The number of carboxylic acids is 2. The molecule has 0 saturated carbocycles. The monoisotopic (exact) mass is 1890 g/mol. The van der Waals surface area contributed by atoms with Crippen LogP contribution in [-0.4, -0.2) is 333 Å². The van der Waals surface area contributed by atoms with Crippen molar-refractivity contribution in [2.24, 2.45) is 17.4 Å². The van der Waals surface area contributed by atoms with Crippen molar-refractivity contribution in [3.8, 4) is 5.75 Å². The summed E-state index contributed by atoms with van der Waals surface area (Å²) >= 11 is 0.683. The molecule has 44 nitrogen and oxygen atoms in total. The number of hydrogen-bond donors (Lipinski definition) is 19. The van der Waals surface area contributed by atoms with Gasteiger partial charge in [-0.3, -0.25) is 91.1 Å². The highest BCUT2D eigenvalue weighted by atomic mass is 32.2. The number of H-pyrrole nitrogens is 1. The lowest BCUT2D eigenvalue weighted by Gasteiger charge is -2.36. The molecule has 730 valence electrons. The maximum Gasteiger partial charge on any atom is 0.323 e. The van der Waals surface area contributed by atoms with E-state index in [1.54, 1.807) is 82.4 Å². The second kappa shape index (κ2) is 50.0. The highest BCUT2D eigenvalue weighted by molar-refractivity contribution is 8.00. The van der Waals surface area contributed by atoms with E-state index in [0.29, 0.717) is 57.5 Å². The van der Waals surface area contributed by atoms with Gasteiger partial charge in [0.25, 0.3) is 0 Å². The van der Waals surface area contributed by atoms with Gasteiger partial charge in [-0.25, -0.2) is 0 Å². The van der Waals surface area contributed by atoms with Gasteiger partial charge in [-0.1, -0.05) is 102 Å². The normalized spacial score (nSPS) is 24.9. The molecule has 8 rings (SSSR count). The minimum absolute atomic E-state index is 0.0798. The Morgan fingerprint density at radius 2 is 1.09 bits per heavy atom. The number of carbonyl (C=O) groups excluding carboxylic acids is 17. The highest BCUT2D eigenvalue weighted by Crippen LogP contribution is 2.29. The molecule has 0 spiro atoms. The Bertz CT molecular complexity index is 5110.